The van der Waals surface area contributed by atoms with Gasteiger partial charge in [0.25, 0.3) is 5.91 Å². The van der Waals surface area contributed by atoms with Gasteiger partial charge in [0, 0.05) is 33.4 Å². The van der Waals surface area contributed by atoms with Crippen molar-refractivity contribution < 1.29 is 17.9 Å². The molecule has 184 valence electrons. The number of carbonyl (C=O) groups is 1. The molecule has 1 amide bonds. The highest BCUT2D eigenvalue weighted by atomic mass is 79.9. The fourth-order valence-electron chi connectivity index (χ4n) is 4.53. The third kappa shape index (κ3) is 5.87. The molecule has 0 unspecified atom stereocenters. The number of amides is 1. The zero-order valence-electron chi connectivity index (χ0n) is 19.5. The summed E-state index contributed by atoms with van der Waals surface area (Å²) in [5.74, 6) is 0.703. The fraction of sp³-hybridized carbons (Fsp3) is 0.480. The lowest BCUT2D eigenvalue weighted by atomic mass is 9.78. The molecular formula is C25H31BrN2O4S2. The van der Waals surface area contributed by atoms with Gasteiger partial charge in [-0.15, -0.1) is 0 Å². The van der Waals surface area contributed by atoms with Gasteiger partial charge < -0.3 is 10.1 Å². The normalized spacial score (nSPS) is 24.0. The molecule has 3 atom stereocenters. The number of benzene rings is 2. The summed E-state index contributed by atoms with van der Waals surface area (Å²) in [4.78, 5) is 15.4. The predicted molar refractivity (Wildman–Crippen MR) is 138 cm³/mol. The Morgan fingerprint density at radius 3 is 2.50 bits per heavy atom. The van der Waals surface area contributed by atoms with Crippen molar-refractivity contribution in [1.29, 1.82) is 0 Å². The minimum absolute atomic E-state index is 0.0845. The Morgan fingerprint density at radius 1 is 1.09 bits per heavy atom. The number of morpholine rings is 1. The molecule has 0 spiro atoms. The Morgan fingerprint density at radius 2 is 1.79 bits per heavy atom. The Labute approximate surface area is 215 Å². The molecule has 9 heteroatoms. The van der Waals surface area contributed by atoms with E-state index in [4.69, 9.17) is 4.74 Å². The van der Waals surface area contributed by atoms with E-state index < -0.39 is 10.0 Å². The molecule has 1 heterocycles. The van der Waals surface area contributed by atoms with Crippen LogP contribution < -0.4 is 5.32 Å². The maximum atomic E-state index is 13.5. The molecule has 0 bridgehead atoms. The van der Waals surface area contributed by atoms with Crippen LogP contribution in [0, 0.1) is 11.8 Å². The second kappa shape index (κ2) is 11.1. The summed E-state index contributed by atoms with van der Waals surface area (Å²) in [5.41, 5.74) is 0.396. The maximum Gasteiger partial charge on any atom is 0.252 e. The van der Waals surface area contributed by atoms with Gasteiger partial charge in [0.15, 0.2) is 0 Å². The lowest BCUT2D eigenvalue weighted by molar-refractivity contribution is 0.0730. The van der Waals surface area contributed by atoms with Crippen molar-refractivity contribution >= 4 is 43.6 Å². The van der Waals surface area contributed by atoms with Gasteiger partial charge in [-0.1, -0.05) is 54.4 Å². The smallest absolute Gasteiger partial charge is 0.252 e. The first kappa shape index (κ1) is 25.7. The van der Waals surface area contributed by atoms with Crippen LogP contribution >= 0.6 is 27.7 Å². The Balaban J connectivity index is 1.66. The molecular weight excluding hydrogens is 536 g/mol. The molecule has 34 heavy (non-hydrogen) atoms. The van der Waals surface area contributed by atoms with E-state index in [-0.39, 0.29) is 16.8 Å². The summed E-state index contributed by atoms with van der Waals surface area (Å²) in [6, 6.07) is 12.8. The average molecular weight is 568 g/mol. The van der Waals surface area contributed by atoms with E-state index in [1.807, 2.05) is 24.3 Å². The van der Waals surface area contributed by atoms with E-state index in [1.54, 1.807) is 12.1 Å². The van der Waals surface area contributed by atoms with Crippen molar-refractivity contribution in [1.82, 2.24) is 9.62 Å². The summed E-state index contributed by atoms with van der Waals surface area (Å²) in [5, 5.41) is 3.22. The van der Waals surface area contributed by atoms with Gasteiger partial charge in [-0.05, 0) is 60.7 Å². The van der Waals surface area contributed by atoms with E-state index in [0.29, 0.717) is 43.7 Å². The molecule has 0 aromatic heterocycles. The number of nitrogens with one attached hydrogen (secondary N) is 1. The van der Waals surface area contributed by atoms with Gasteiger partial charge in [0.05, 0.1) is 23.7 Å². The third-order valence-electron chi connectivity index (χ3n) is 6.87. The highest BCUT2D eigenvalue weighted by molar-refractivity contribution is 9.10. The zero-order chi connectivity index (χ0) is 24.3. The van der Waals surface area contributed by atoms with Crippen LogP contribution in [0.5, 0.6) is 0 Å². The molecule has 4 rings (SSSR count). The molecule has 2 aliphatic rings. The first-order chi connectivity index (χ1) is 16.3. The fourth-order valence-corrected chi connectivity index (χ4v) is 7.16. The lowest BCUT2D eigenvalue weighted by Gasteiger charge is -2.34. The summed E-state index contributed by atoms with van der Waals surface area (Å²) in [6.07, 6.45) is 3.20. The number of hydrogen-bond acceptors (Lipinski definition) is 5. The van der Waals surface area contributed by atoms with Crippen LogP contribution in [-0.4, -0.2) is 51.0 Å². The monoisotopic (exact) mass is 566 g/mol. The van der Waals surface area contributed by atoms with Crippen molar-refractivity contribution in [2.24, 2.45) is 11.8 Å². The SMILES string of the molecule is C[C@@H]1[C@H](C)CCC[C@H]1NC(=O)c1cc(S(=O)(=O)N2CCOCC2)ccc1Sc1ccc(Br)cc1. The summed E-state index contributed by atoms with van der Waals surface area (Å²) in [7, 11) is -3.71. The second-order valence-corrected chi connectivity index (χ2v) is 13.0. The van der Waals surface area contributed by atoms with E-state index in [1.165, 1.54) is 28.6 Å². The van der Waals surface area contributed by atoms with Crippen LogP contribution in [0.25, 0.3) is 0 Å². The Hall–Kier alpha value is -1.39. The summed E-state index contributed by atoms with van der Waals surface area (Å²) >= 11 is 4.91. The van der Waals surface area contributed by atoms with Crippen molar-refractivity contribution in [3.63, 3.8) is 0 Å². The maximum absolute atomic E-state index is 13.5. The van der Waals surface area contributed by atoms with Crippen molar-refractivity contribution in [2.45, 2.75) is 53.8 Å². The molecule has 1 aliphatic heterocycles. The van der Waals surface area contributed by atoms with Crippen molar-refractivity contribution in [3.05, 3.63) is 52.5 Å². The van der Waals surface area contributed by atoms with Gasteiger partial charge in [-0.2, -0.15) is 4.31 Å². The van der Waals surface area contributed by atoms with Crippen LogP contribution in [0.4, 0.5) is 0 Å². The van der Waals surface area contributed by atoms with Crippen LogP contribution in [0.1, 0.15) is 43.5 Å². The molecule has 1 aliphatic carbocycles. The van der Waals surface area contributed by atoms with E-state index in [0.717, 1.165) is 27.1 Å². The molecule has 2 aromatic rings. The first-order valence-corrected chi connectivity index (χ1v) is 14.8. The summed E-state index contributed by atoms with van der Waals surface area (Å²) in [6.45, 7) is 5.80. The molecule has 1 saturated heterocycles. The molecule has 2 aromatic carbocycles. The lowest BCUT2D eigenvalue weighted by Crippen LogP contribution is -2.44. The van der Waals surface area contributed by atoms with Gasteiger partial charge in [-0.25, -0.2) is 8.42 Å². The van der Waals surface area contributed by atoms with Crippen LogP contribution in [0.15, 0.2) is 61.6 Å². The van der Waals surface area contributed by atoms with E-state index in [2.05, 4.69) is 35.1 Å². The number of ether oxygens (including phenoxy) is 1. The average Bonchev–Trinajstić information content (AvgIpc) is 2.84. The highest BCUT2D eigenvalue weighted by Gasteiger charge is 2.31. The molecule has 6 nitrogen and oxygen atoms in total. The van der Waals surface area contributed by atoms with Crippen LogP contribution in [-0.2, 0) is 14.8 Å². The van der Waals surface area contributed by atoms with Crippen molar-refractivity contribution in [2.75, 3.05) is 26.3 Å². The van der Waals surface area contributed by atoms with Gasteiger partial charge in [0.2, 0.25) is 10.0 Å². The molecule has 0 radical (unpaired) electrons. The number of hydrogen-bond donors (Lipinski definition) is 1. The van der Waals surface area contributed by atoms with Crippen LogP contribution in [0.3, 0.4) is 0 Å². The highest BCUT2D eigenvalue weighted by Crippen LogP contribution is 2.34. The van der Waals surface area contributed by atoms with E-state index >= 15 is 0 Å². The standard InChI is InChI=1S/C25H31BrN2O4S2/c1-17-4-3-5-23(18(17)2)27-25(29)22-16-21(34(30,31)28-12-14-32-15-13-28)10-11-24(22)33-20-8-6-19(26)7-9-20/h6-11,16-18,23H,3-5,12-15H2,1-2H3,(H,27,29)/t17-,18-,23-/m1/s1. The minimum Gasteiger partial charge on any atom is -0.379 e. The number of sulfonamides is 1. The topological polar surface area (TPSA) is 75.7 Å². The largest absolute Gasteiger partial charge is 0.379 e. The quantitative estimate of drug-likeness (QED) is 0.521. The Kier molecular flexibility index (Phi) is 8.40. The zero-order valence-corrected chi connectivity index (χ0v) is 22.7. The van der Waals surface area contributed by atoms with Gasteiger partial charge >= 0.3 is 0 Å². The summed E-state index contributed by atoms with van der Waals surface area (Å²) < 4.78 is 34.3. The number of halogens is 1. The minimum atomic E-state index is -3.71. The van der Waals surface area contributed by atoms with Crippen molar-refractivity contribution in [3.8, 4) is 0 Å². The first-order valence-electron chi connectivity index (χ1n) is 11.7. The number of carbonyl (C=O) groups excluding carboxylic acids is 1. The third-order valence-corrected chi connectivity index (χ3v) is 10.4. The van der Waals surface area contributed by atoms with Crippen LogP contribution in [0.2, 0.25) is 0 Å². The second-order valence-electron chi connectivity index (χ2n) is 9.08. The number of nitrogens with zero attached hydrogens (tertiary/aromatic N) is 1. The van der Waals surface area contributed by atoms with Gasteiger partial charge in [0.1, 0.15) is 0 Å². The van der Waals surface area contributed by atoms with Gasteiger partial charge in [-0.3, -0.25) is 4.79 Å². The molecule has 1 saturated carbocycles. The van der Waals surface area contributed by atoms with E-state index in [9.17, 15) is 13.2 Å². The predicted octanol–water partition coefficient (Wildman–Crippen LogP) is 5.18. The molecule has 1 N–H and O–H groups in total. The number of rotatable bonds is 6. The molecule has 2 fully saturated rings. The Bertz CT molecular complexity index is 1120.